The van der Waals surface area contributed by atoms with Crippen molar-refractivity contribution in [3.8, 4) is 16.9 Å². The van der Waals surface area contributed by atoms with Gasteiger partial charge in [0.05, 0.1) is 19.3 Å². The van der Waals surface area contributed by atoms with E-state index in [1.807, 2.05) is 45.2 Å². The molecule has 3 aromatic rings. The number of carbonyl (C=O) groups excluding carboxylic acids is 1. The minimum atomic E-state index is -0.993. The van der Waals surface area contributed by atoms with Crippen molar-refractivity contribution in [3.63, 3.8) is 0 Å². The molecule has 180 valence electrons. The normalized spacial score (nSPS) is 10.0. The Morgan fingerprint density at radius 2 is 1.53 bits per heavy atom. The number of aromatic carboxylic acids is 1. The lowest BCUT2D eigenvalue weighted by molar-refractivity contribution is 0.0696. The molecule has 7 nitrogen and oxygen atoms in total. The van der Waals surface area contributed by atoms with Gasteiger partial charge in [-0.05, 0) is 60.2 Å². The molecule has 0 aliphatic heterocycles. The predicted octanol–water partition coefficient (Wildman–Crippen LogP) is 5.42. The molecule has 2 N–H and O–H groups in total. The maximum atomic E-state index is 12.8. The third-order valence-electron chi connectivity index (χ3n) is 5.10. The summed E-state index contributed by atoms with van der Waals surface area (Å²) >= 11 is 0. The molecule has 0 spiro atoms. The number of anilines is 2. The Morgan fingerprint density at radius 1 is 0.912 bits per heavy atom. The summed E-state index contributed by atoms with van der Waals surface area (Å²) in [6.45, 7) is 5.40. The first kappa shape index (κ1) is 26.4. The fourth-order valence-electron chi connectivity index (χ4n) is 3.23. The number of methoxy groups -OCH3 is 2. The summed E-state index contributed by atoms with van der Waals surface area (Å²) in [7, 11) is 5.20. The van der Waals surface area contributed by atoms with E-state index < -0.39 is 5.97 Å². The Bertz CT molecular complexity index is 1080. The Kier molecular flexibility index (Phi) is 10.1. The van der Waals surface area contributed by atoms with Gasteiger partial charge in [-0.3, -0.25) is 4.79 Å². The first-order valence-corrected chi connectivity index (χ1v) is 11.1. The quantitative estimate of drug-likeness (QED) is 0.440. The third kappa shape index (κ3) is 6.83. The van der Waals surface area contributed by atoms with Crippen LogP contribution in [0, 0.1) is 0 Å². The number of carbonyl (C=O) groups is 2. The zero-order valence-corrected chi connectivity index (χ0v) is 20.3. The average molecular weight is 465 g/mol. The summed E-state index contributed by atoms with van der Waals surface area (Å²) in [5.74, 6) is -0.655. The maximum absolute atomic E-state index is 12.8. The molecule has 0 atom stereocenters. The molecule has 0 aromatic heterocycles. The van der Waals surface area contributed by atoms with Crippen LogP contribution in [-0.2, 0) is 4.74 Å². The Labute approximate surface area is 200 Å². The molecular formula is C27H32N2O5. The second-order valence-electron chi connectivity index (χ2n) is 7.21. The number of rotatable bonds is 9. The highest BCUT2D eigenvalue weighted by atomic mass is 16.5. The number of benzene rings is 3. The zero-order valence-electron chi connectivity index (χ0n) is 20.3. The molecule has 7 heteroatoms. The van der Waals surface area contributed by atoms with Gasteiger partial charge in [0.25, 0.3) is 5.91 Å². The monoisotopic (exact) mass is 464 g/mol. The molecule has 0 aliphatic rings. The molecule has 0 saturated carbocycles. The number of hydrogen-bond acceptors (Lipinski definition) is 5. The van der Waals surface area contributed by atoms with E-state index in [0.717, 1.165) is 17.8 Å². The Morgan fingerprint density at radius 3 is 2.09 bits per heavy atom. The fourth-order valence-corrected chi connectivity index (χ4v) is 3.23. The Balaban J connectivity index is 0.00000199. The molecule has 0 aliphatic carbocycles. The first-order valence-electron chi connectivity index (χ1n) is 11.1. The van der Waals surface area contributed by atoms with Crippen LogP contribution >= 0.6 is 0 Å². The number of amides is 1. The lowest BCUT2D eigenvalue weighted by atomic mass is 10.00. The predicted molar refractivity (Wildman–Crippen MR) is 136 cm³/mol. The van der Waals surface area contributed by atoms with Crippen LogP contribution in [-0.4, -0.2) is 51.4 Å². The summed E-state index contributed by atoms with van der Waals surface area (Å²) in [5, 5.41) is 12.0. The number of hydrogen-bond donors (Lipinski definition) is 2. The number of nitrogens with one attached hydrogen (secondary N) is 1. The van der Waals surface area contributed by atoms with Gasteiger partial charge >= 0.3 is 5.97 Å². The summed E-state index contributed by atoms with van der Waals surface area (Å²) in [4.78, 5) is 26.0. The van der Waals surface area contributed by atoms with E-state index >= 15 is 0 Å². The molecule has 0 bridgehead atoms. The van der Waals surface area contributed by atoms with E-state index in [4.69, 9.17) is 14.6 Å². The number of carboxylic acids is 1. The van der Waals surface area contributed by atoms with Gasteiger partial charge in [0.2, 0.25) is 0 Å². The van der Waals surface area contributed by atoms with Gasteiger partial charge in [-0.25, -0.2) is 4.79 Å². The van der Waals surface area contributed by atoms with Crippen molar-refractivity contribution < 1.29 is 24.2 Å². The standard InChI is InChI=1S/C25H26N2O5.C2H6/c1-27(14-15-31-2)21-11-9-20(10-12-21)26-24(28)19-8-13-23(32-3)22(16-19)17-4-6-18(7-5-17)25(29)30;1-2/h4-13,16H,14-15H2,1-3H3,(H,26,28)(H,29,30);1-2H3. The lowest BCUT2D eigenvalue weighted by Gasteiger charge is -2.19. The van der Waals surface area contributed by atoms with Crippen molar-refractivity contribution in [3.05, 3.63) is 77.9 Å². The van der Waals surface area contributed by atoms with Gasteiger partial charge in [-0.2, -0.15) is 0 Å². The van der Waals surface area contributed by atoms with Gasteiger partial charge in [-0.15, -0.1) is 0 Å². The van der Waals surface area contributed by atoms with Crippen molar-refractivity contribution in [1.29, 1.82) is 0 Å². The van der Waals surface area contributed by atoms with Crippen LogP contribution in [0.1, 0.15) is 34.6 Å². The SMILES string of the molecule is CC.COCCN(C)c1ccc(NC(=O)c2ccc(OC)c(-c3ccc(C(=O)O)cc3)c2)cc1. The van der Waals surface area contributed by atoms with Crippen LogP contribution < -0.4 is 15.0 Å². The molecule has 0 heterocycles. The highest BCUT2D eigenvalue weighted by Crippen LogP contribution is 2.31. The van der Waals surface area contributed by atoms with Gasteiger partial charge in [0.1, 0.15) is 5.75 Å². The topological polar surface area (TPSA) is 88.1 Å². The summed E-state index contributed by atoms with van der Waals surface area (Å²) in [6, 6.07) is 19.2. The average Bonchev–Trinajstić information content (AvgIpc) is 2.88. The van der Waals surface area contributed by atoms with Crippen LogP contribution in [0.4, 0.5) is 11.4 Å². The van der Waals surface area contributed by atoms with Crippen molar-refractivity contribution in [2.45, 2.75) is 13.8 Å². The summed E-state index contributed by atoms with van der Waals surface area (Å²) in [5.41, 5.74) is 3.82. The highest BCUT2D eigenvalue weighted by molar-refractivity contribution is 6.05. The van der Waals surface area contributed by atoms with Crippen LogP contribution in [0.25, 0.3) is 11.1 Å². The van der Waals surface area contributed by atoms with Gasteiger partial charge in [-0.1, -0.05) is 26.0 Å². The maximum Gasteiger partial charge on any atom is 0.335 e. The number of ether oxygens (including phenoxy) is 2. The number of nitrogens with zero attached hydrogens (tertiary/aromatic N) is 1. The zero-order chi connectivity index (χ0) is 25.1. The molecule has 0 fully saturated rings. The first-order chi connectivity index (χ1) is 16.4. The van der Waals surface area contributed by atoms with E-state index in [9.17, 15) is 9.59 Å². The lowest BCUT2D eigenvalue weighted by Crippen LogP contribution is -2.21. The highest BCUT2D eigenvalue weighted by Gasteiger charge is 2.13. The molecular weight excluding hydrogens is 432 g/mol. The second kappa shape index (κ2) is 13.0. The van der Waals surface area contributed by atoms with Gasteiger partial charge < -0.3 is 24.8 Å². The molecule has 0 radical (unpaired) electrons. The molecule has 34 heavy (non-hydrogen) atoms. The molecule has 1 amide bonds. The number of likely N-dealkylation sites (N-methyl/N-ethyl adjacent to an activating group) is 1. The summed E-state index contributed by atoms with van der Waals surface area (Å²) in [6.07, 6.45) is 0. The third-order valence-corrected chi connectivity index (χ3v) is 5.10. The van der Waals surface area contributed by atoms with Crippen LogP contribution in [0.15, 0.2) is 66.7 Å². The van der Waals surface area contributed by atoms with E-state index in [2.05, 4.69) is 10.2 Å². The van der Waals surface area contributed by atoms with Crippen LogP contribution in [0.2, 0.25) is 0 Å². The van der Waals surface area contributed by atoms with Crippen molar-refractivity contribution in [2.24, 2.45) is 0 Å². The number of carboxylic acid groups (broad SMARTS) is 1. The van der Waals surface area contributed by atoms with E-state index in [1.54, 1.807) is 44.6 Å². The minimum Gasteiger partial charge on any atom is -0.496 e. The molecule has 0 saturated heterocycles. The largest absolute Gasteiger partial charge is 0.496 e. The minimum absolute atomic E-state index is 0.193. The van der Waals surface area contributed by atoms with Crippen molar-refractivity contribution in [2.75, 3.05) is 44.6 Å². The summed E-state index contributed by atoms with van der Waals surface area (Å²) < 4.78 is 10.5. The van der Waals surface area contributed by atoms with E-state index in [1.165, 1.54) is 12.1 Å². The van der Waals surface area contributed by atoms with Crippen LogP contribution in [0.5, 0.6) is 5.75 Å². The molecule has 0 unspecified atom stereocenters. The van der Waals surface area contributed by atoms with Gasteiger partial charge in [0, 0.05) is 43.2 Å². The Hall–Kier alpha value is -3.84. The second-order valence-corrected chi connectivity index (χ2v) is 7.21. The van der Waals surface area contributed by atoms with E-state index in [-0.39, 0.29) is 11.5 Å². The van der Waals surface area contributed by atoms with Crippen LogP contribution in [0.3, 0.4) is 0 Å². The fraction of sp³-hybridized carbons (Fsp3) is 0.259. The van der Waals surface area contributed by atoms with Crippen molar-refractivity contribution in [1.82, 2.24) is 0 Å². The van der Waals surface area contributed by atoms with Gasteiger partial charge in [0.15, 0.2) is 0 Å². The van der Waals surface area contributed by atoms with Crippen molar-refractivity contribution >= 4 is 23.3 Å². The molecule has 3 rings (SSSR count). The van der Waals surface area contributed by atoms with E-state index in [0.29, 0.717) is 29.2 Å². The smallest absolute Gasteiger partial charge is 0.335 e. The molecule has 3 aromatic carbocycles.